The van der Waals surface area contributed by atoms with Crippen LogP contribution >= 0.6 is 15.9 Å². The van der Waals surface area contributed by atoms with Gasteiger partial charge in [0.25, 0.3) is 5.91 Å². The Hall–Kier alpha value is -0.900. The highest BCUT2D eigenvalue weighted by atomic mass is 79.9. The largest absolute Gasteiger partial charge is 0.348 e. The van der Waals surface area contributed by atoms with Crippen molar-refractivity contribution in [3.8, 4) is 0 Å². The van der Waals surface area contributed by atoms with Crippen molar-refractivity contribution in [1.29, 1.82) is 0 Å². The van der Waals surface area contributed by atoms with E-state index in [-0.39, 0.29) is 5.91 Å². The van der Waals surface area contributed by atoms with Gasteiger partial charge in [-0.15, -0.1) is 0 Å². The van der Waals surface area contributed by atoms with Crippen molar-refractivity contribution in [3.05, 3.63) is 28.5 Å². The van der Waals surface area contributed by atoms with Crippen molar-refractivity contribution in [2.75, 3.05) is 0 Å². The summed E-state index contributed by atoms with van der Waals surface area (Å²) in [6.45, 7) is 0. The van der Waals surface area contributed by atoms with Crippen LogP contribution in [-0.4, -0.2) is 16.9 Å². The van der Waals surface area contributed by atoms with E-state index in [9.17, 15) is 4.79 Å². The Kier molecular flexibility index (Phi) is 4.54. The Bertz CT molecular complexity index is 370. The normalized spacial score (nSPS) is 17.5. The number of nitrogens with zero attached hydrogens (tertiary/aromatic N) is 1. The molecule has 1 amide bonds. The van der Waals surface area contributed by atoms with E-state index in [2.05, 4.69) is 26.2 Å². The topological polar surface area (TPSA) is 42.0 Å². The Morgan fingerprint density at radius 3 is 2.53 bits per heavy atom. The monoisotopic (exact) mass is 296 g/mol. The van der Waals surface area contributed by atoms with Gasteiger partial charge < -0.3 is 5.32 Å². The molecule has 0 radical (unpaired) electrons. The standard InChI is InChI=1S/C13H17BrN2O/c14-10-7-8-12(15-9-10)13(17)16-11-5-3-1-2-4-6-11/h7-9,11H,1-6H2,(H,16,17). The van der Waals surface area contributed by atoms with Gasteiger partial charge in [-0.25, -0.2) is 4.98 Å². The van der Waals surface area contributed by atoms with Crippen LogP contribution in [0.3, 0.4) is 0 Å². The number of rotatable bonds is 2. The van der Waals surface area contributed by atoms with E-state index in [1.165, 1.54) is 25.7 Å². The maximum Gasteiger partial charge on any atom is 0.270 e. The van der Waals surface area contributed by atoms with E-state index in [1.807, 2.05) is 6.07 Å². The highest BCUT2D eigenvalue weighted by molar-refractivity contribution is 9.10. The molecule has 1 aliphatic rings. The van der Waals surface area contributed by atoms with Crippen LogP contribution in [0.5, 0.6) is 0 Å². The van der Waals surface area contributed by atoms with Gasteiger partial charge >= 0.3 is 0 Å². The Balaban J connectivity index is 1.93. The zero-order valence-electron chi connectivity index (χ0n) is 9.79. The Labute approximate surface area is 110 Å². The number of pyridine rings is 1. The van der Waals surface area contributed by atoms with Crippen LogP contribution in [0.4, 0.5) is 0 Å². The minimum Gasteiger partial charge on any atom is -0.348 e. The summed E-state index contributed by atoms with van der Waals surface area (Å²) in [5.41, 5.74) is 0.498. The molecule has 92 valence electrons. The van der Waals surface area contributed by atoms with Crippen molar-refractivity contribution in [1.82, 2.24) is 10.3 Å². The first-order chi connectivity index (χ1) is 8.25. The first kappa shape index (κ1) is 12.6. The molecule has 0 unspecified atom stereocenters. The minimum absolute atomic E-state index is 0.0515. The molecule has 1 aromatic rings. The molecule has 2 rings (SSSR count). The predicted molar refractivity (Wildman–Crippen MR) is 70.9 cm³/mol. The maximum absolute atomic E-state index is 11.9. The molecule has 0 atom stereocenters. The lowest BCUT2D eigenvalue weighted by Gasteiger charge is -2.15. The highest BCUT2D eigenvalue weighted by Crippen LogP contribution is 2.17. The average molecular weight is 297 g/mol. The third-order valence-corrected chi connectivity index (χ3v) is 3.62. The molecule has 1 aromatic heterocycles. The Morgan fingerprint density at radius 1 is 1.24 bits per heavy atom. The van der Waals surface area contributed by atoms with Crippen molar-refractivity contribution in [3.63, 3.8) is 0 Å². The van der Waals surface area contributed by atoms with Crippen LogP contribution in [0.15, 0.2) is 22.8 Å². The summed E-state index contributed by atoms with van der Waals surface area (Å²) in [4.78, 5) is 16.1. The predicted octanol–water partition coefficient (Wildman–Crippen LogP) is 3.30. The molecule has 0 spiro atoms. The van der Waals surface area contributed by atoms with Gasteiger partial charge in [-0.05, 0) is 40.9 Å². The van der Waals surface area contributed by atoms with Crippen LogP contribution < -0.4 is 5.32 Å². The second-order valence-corrected chi connectivity index (χ2v) is 5.44. The Morgan fingerprint density at radius 2 is 1.94 bits per heavy atom. The van der Waals surface area contributed by atoms with Crippen molar-refractivity contribution >= 4 is 21.8 Å². The molecule has 17 heavy (non-hydrogen) atoms. The third kappa shape index (κ3) is 3.80. The number of carbonyl (C=O) groups excluding carboxylic acids is 1. The number of halogens is 1. The van der Waals surface area contributed by atoms with Crippen molar-refractivity contribution < 1.29 is 4.79 Å². The van der Waals surface area contributed by atoms with Crippen LogP contribution in [-0.2, 0) is 0 Å². The lowest BCUT2D eigenvalue weighted by molar-refractivity contribution is 0.0928. The molecule has 1 heterocycles. The molecule has 4 heteroatoms. The van der Waals surface area contributed by atoms with E-state index in [4.69, 9.17) is 0 Å². The fourth-order valence-corrected chi connectivity index (χ4v) is 2.43. The van der Waals surface area contributed by atoms with E-state index in [0.29, 0.717) is 11.7 Å². The van der Waals surface area contributed by atoms with Crippen LogP contribution in [0.2, 0.25) is 0 Å². The minimum atomic E-state index is -0.0515. The maximum atomic E-state index is 11.9. The fourth-order valence-electron chi connectivity index (χ4n) is 2.19. The van der Waals surface area contributed by atoms with Crippen molar-refractivity contribution in [2.45, 2.75) is 44.6 Å². The van der Waals surface area contributed by atoms with Gasteiger partial charge in [0.05, 0.1) is 0 Å². The number of hydrogen-bond acceptors (Lipinski definition) is 2. The number of carbonyl (C=O) groups is 1. The summed E-state index contributed by atoms with van der Waals surface area (Å²) in [6.07, 6.45) is 8.88. The molecular weight excluding hydrogens is 280 g/mol. The quantitative estimate of drug-likeness (QED) is 0.851. The molecule has 1 saturated carbocycles. The van der Waals surface area contributed by atoms with Gasteiger partial charge in [0.15, 0.2) is 0 Å². The molecular formula is C13H17BrN2O. The van der Waals surface area contributed by atoms with E-state index in [1.54, 1.807) is 12.3 Å². The van der Waals surface area contributed by atoms with Crippen LogP contribution in [0.25, 0.3) is 0 Å². The summed E-state index contributed by atoms with van der Waals surface area (Å²) in [6, 6.07) is 3.92. The second kappa shape index (κ2) is 6.15. The summed E-state index contributed by atoms with van der Waals surface area (Å²) in [5, 5.41) is 3.08. The number of amides is 1. The lowest BCUT2D eigenvalue weighted by Crippen LogP contribution is -2.34. The summed E-state index contributed by atoms with van der Waals surface area (Å²) in [7, 11) is 0. The number of aromatic nitrogens is 1. The van der Waals surface area contributed by atoms with Crippen LogP contribution in [0.1, 0.15) is 49.0 Å². The number of hydrogen-bond donors (Lipinski definition) is 1. The van der Waals surface area contributed by atoms with Gasteiger partial charge in [0.2, 0.25) is 0 Å². The zero-order valence-corrected chi connectivity index (χ0v) is 11.4. The fraction of sp³-hybridized carbons (Fsp3) is 0.538. The van der Waals surface area contributed by atoms with Gasteiger partial charge in [0, 0.05) is 16.7 Å². The SMILES string of the molecule is O=C(NC1CCCCCC1)c1ccc(Br)cn1. The molecule has 1 fully saturated rings. The lowest BCUT2D eigenvalue weighted by atomic mass is 10.1. The van der Waals surface area contributed by atoms with E-state index >= 15 is 0 Å². The summed E-state index contributed by atoms with van der Waals surface area (Å²) in [5.74, 6) is -0.0515. The molecule has 0 saturated heterocycles. The summed E-state index contributed by atoms with van der Waals surface area (Å²) >= 11 is 3.31. The van der Waals surface area contributed by atoms with Gasteiger partial charge in [-0.1, -0.05) is 25.7 Å². The molecule has 1 N–H and O–H groups in total. The first-order valence-electron chi connectivity index (χ1n) is 6.18. The average Bonchev–Trinajstić information content (AvgIpc) is 2.58. The third-order valence-electron chi connectivity index (χ3n) is 3.15. The van der Waals surface area contributed by atoms with Crippen LogP contribution in [0, 0.1) is 0 Å². The van der Waals surface area contributed by atoms with Gasteiger partial charge in [-0.2, -0.15) is 0 Å². The first-order valence-corrected chi connectivity index (χ1v) is 6.97. The zero-order chi connectivity index (χ0) is 12.1. The summed E-state index contributed by atoms with van der Waals surface area (Å²) < 4.78 is 0.892. The van der Waals surface area contributed by atoms with E-state index in [0.717, 1.165) is 17.3 Å². The van der Waals surface area contributed by atoms with Gasteiger partial charge in [-0.3, -0.25) is 4.79 Å². The van der Waals surface area contributed by atoms with Gasteiger partial charge in [0.1, 0.15) is 5.69 Å². The molecule has 1 aliphatic carbocycles. The highest BCUT2D eigenvalue weighted by Gasteiger charge is 2.16. The van der Waals surface area contributed by atoms with E-state index < -0.39 is 0 Å². The molecule has 0 aromatic carbocycles. The second-order valence-electron chi connectivity index (χ2n) is 4.52. The van der Waals surface area contributed by atoms with Crippen molar-refractivity contribution in [2.24, 2.45) is 0 Å². The smallest absolute Gasteiger partial charge is 0.270 e. The molecule has 0 aliphatic heterocycles. The number of nitrogens with one attached hydrogen (secondary N) is 1. The molecule has 3 nitrogen and oxygen atoms in total. The molecule has 0 bridgehead atoms.